The van der Waals surface area contributed by atoms with Crippen molar-refractivity contribution in [3.05, 3.63) is 204 Å². The maximum absolute atomic E-state index is 5.34. The maximum atomic E-state index is 5.34. The minimum Gasteiger partial charge on any atom is -0.228 e. The van der Waals surface area contributed by atoms with Crippen molar-refractivity contribution in [2.45, 2.75) is 38.5 Å². The van der Waals surface area contributed by atoms with Crippen LogP contribution in [0.5, 0.6) is 0 Å². The van der Waals surface area contributed by atoms with E-state index < -0.39 is 0 Å². The highest BCUT2D eigenvalue weighted by molar-refractivity contribution is 6.09. The molecule has 0 amide bonds. The van der Waals surface area contributed by atoms with E-state index in [0.29, 0.717) is 0 Å². The summed E-state index contributed by atoms with van der Waals surface area (Å²) in [5, 5.41) is 7.48. The Balaban J connectivity index is 1.04. The third-order valence-electron chi connectivity index (χ3n) is 13.7. The van der Waals surface area contributed by atoms with Crippen LogP contribution in [-0.4, -0.2) is 9.97 Å². The van der Waals surface area contributed by atoms with E-state index in [9.17, 15) is 0 Å². The van der Waals surface area contributed by atoms with Crippen LogP contribution in [0.2, 0.25) is 0 Å². The Labute approximate surface area is 350 Å². The summed E-state index contributed by atoms with van der Waals surface area (Å²) >= 11 is 0. The predicted octanol–water partition coefficient (Wildman–Crippen LogP) is 15.2. The van der Waals surface area contributed by atoms with Crippen LogP contribution in [0.15, 0.2) is 182 Å². The molecule has 0 N–H and O–H groups in total. The largest absolute Gasteiger partial charge is 0.228 e. The van der Waals surface area contributed by atoms with Crippen molar-refractivity contribution in [2.24, 2.45) is 0 Å². The Hall–Kier alpha value is -7.16. The van der Waals surface area contributed by atoms with Crippen LogP contribution < -0.4 is 0 Å². The van der Waals surface area contributed by atoms with E-state index in [0.717, 1.165) is 33.9 Å². The number of fused-ring (bicyclic) bond motifs is 9. The summed E-state index contributed by atoms with van der Waals surface area (Å²) in [6.07, 6.45) is 0. The van der Waals surface area contributed by atoms with Gasteiger partial charge in [-0.05, 0) is 124 Å². The molecule has 12 rings (SSSR count). The topological polar surface area (TPSA) is 25.8 Å². The van der Waals surface area contributed by atoms with Gasteiger partial charge in [0.05, 0.1) is 11.4 Å². The lowest BCUT2D eigenvalue weighted by molar-refractivity contribution is 0.661. The summed E-state index contributed by atoms with van der Waals surface area (Å²) < 4.78 is 0. The van der Waals surface area contributed by atoms with Gasteiger partial charge in [-0.1, -0.05) is 173 Å². The highest BCUT2D eigenvalue weighted by atomic mass is 14.9. The molecule has 2 aliphatic rings. The highest BCUT2D eigenvalue weighted by Crippen LogP contribution is 2.54. The molecule has 2 heteroatoms. The molecule has 0 radical (unpaired) electrons. The molecular weight excluding hydrogens is 725 g/mol. The smallest absolute Gasteiger partial charge is 0.160 e. The zero-order chi connectivity index (χ0) is 40.3. The van der Waals surface area contributed by atoms with Gasteiger partial charge in [0.2, 0.25) is 0 Å². The van der Waals surface area contributed by atoms with E-state index in [4.69, 9.17) is 9.97 Å². The van der Waals surface area contributed by atoms with Gasteiger partial charge in [-0.2, -0.15) is 0 Å². The van der Waals surface area contributed by atoms with E-state index in [-0.39, 0.29) is 10.8 Å². The summed E-state index contributed by atoms with van der Waals surface area (Å²) in [7, 11) is 0. The first-order valence-electron chi connectivity index (χ1n) is 21.1. The monoisotopic (exact) mass is 766 g/mol. The van der Waals surface area contributed by atoms with Crippen LogP contribution in [0, 0.1) is 0 Å². The standard InChI is InChI=1S/C58H42N2/c1-57(2)49-28-25-40(31-46(49)47-29-36-17-8-10-19-38(36)32-51(47)57)53-34-54(60-56(59-53)35-15-6-5-7-16-35)44-27-26-43(41-21-12-13-22-42(41)44)45-23-14-24-50-55(45)48-30-37-18-9-11-20-39(37)33-52(48)58(50,3)4/h5-34H,1-4H3. The minimum absolute atomic E-state index is 0.107. The molecule has 9 aromatic carbocycles. The SMILES string of the molecule is CC1(C)c2ccc(-c3cc(-c4ccc(-c5cccc6c5-c5cc7ccccc7cc5C6(C)C)c5ccccc45)nc(-c4ccccc4)n3)cc2-c2cc3ccccc3cc21. The van der Waals surface area contributed by atoms with E-state index in [1.807, 2.05) is 6.07 Å². The van der Waals surface area contributed by atoms with Crippen LogP contribution in [0.4, 0.5) is 0 Å². The number of aromatic nitrogens is 2. The fraction of sp³-hybridized carbons (Fsp3) is 0.103. The van der Waals surface area contributed by atoms with Crippen molar-refractivity contribution in [2.75, 3.05) is 0 Å². The molecule has 60 heavy (non-hydrogen) atoms. The molecule has 2 nitrogen and oxygen atoms in total. The fourth-order valence-electron chi connectivity index (χ4n) is 10.5. The molecule has 1 aromatic heterocycles. The molecule has 2 aliphatic carbocycles. The lowest BCUT2D eigenvalue weighted by Crippen LogP contribution is -2.14. The Morgan fingerprint density at radius 2 is 0.867 bits per heavy atom. The first-order chi connectivity index (χ1) is 29.2. The minimum atomic E-state index is -0.116. The summed E-state index contributed by atoms with van der Waals surface area (Å²) in [5.41, 5.74) is 18.0. The van der Waals surface area contributed by atoms with Gasteiger partial charge in [-0.15, -0.1) is 0 Å². The second-order valence-corrected chi connectivity index (χ2v) is 17.8. The molecule has 0 fully saturated rings. The summed E-state index contributed by atoms with van der Waals surface area (Å²) in [6, 6.07) is 66.9. The summed E-state index contributed by atoms with van der Waals surface area (Å²) in [6.45, 7) is 9.44. The average molecular weight is 767 g/mol. The summed E-state index contributed by atoms with van der Waals surface area (Å²) in [4.78, 5) is 10.6. The van der Waals surface area contributed by atoms with Crippen LogP contribution in [-0.2, 0) is 10.8 Å². The third-order valence-corrected chi connectivity index (χ3v) is 13.7. The highest BCUT2D eigenvalue weighted by Gasteiger charge is 2.38. The molecule has 0 unspecified atom stereocenters. The van der Waals surface area contributed by atoms with E-state index in [1.165, 1.54) is 88.0 Å². The first kappa shape index (κ1) is 34.8. The van der Waals surface area contributed by atoms with Crippen molar-refractivity contribution in [1.29, 1.82) is 0 Å². The quantitative estimate of drug-likeness (QED) is 0.178. The number of hydrogen-bond acceptors (Lipinski definition) is 2. The number of hydrogen-bond donors (Lipinski definition) is 0. The van der Waals surface area contributed by atoms with E-state index >= 15 is 0 Å². The maximum Gasteiger partial charge on any atom is 0.160 e. The first-order valence-corrected chi connectivity index (χ1v) is 21.1. The lowest BCUT2D eigenvalue weighted by Gasteiger charge is -2.22. The van der Waals surface area contributed by atoms with Gasteiger partial charge in [0.15, 0.2) is 5.82 Å². The zero-order valence-electron chi connectivity index (χ0n) is 34.2. The van der Waals surface area contributed by atoms with Gasteiger partial charge in [0.1, 0.15) is 0 Å². The van der Waals surface area contributed by atoms with E-state index in [1.54, 1.807) is 0 Å². The second kappa shape index (κ2) is 12.7. The van der Waals surface area contributed by atoms with Gasteiger partial charge in [-0.25, -0.2) is 9.97 Å². The average Bonchev–Trinajstić information content (AvgIpc) is 3.65. The molecule has 0 spiro atoms. The molecule has 1 heterocycles. The Kier molecular flexibility index (Phi) is 7.36. The van der Waals surface area contributed by atoms with E-state index in [2.05, 4.69) is 204 Å². The van der Waals surface area contributed by atoms with Crippen molar-refractivity contribution >= 4 is 32.3 Å². The van der Waals surface area contributed by atoms with Crippen LogP contribution in [0.1, 0.15) is 49.9 Å². The third kappa shape index (κ3) is 5.07. The van der Waals surface area contributed by atoms with Gasteiger partial charge < -0.3 is 0 Å². The number of rotatable bonds is 4. The fourth-order valence-corrected chi connectivity index (χ4v) is 10.5. The van der Waals surface area contributed by atoms with Gasteiger partial charge in [0, 0.05) is 27.5 Å². The van der Waals surface area contributed by atoms with Crippen molar-refractivity contribution in [3.63, 3.8) is 0 Å². The van der Waals surface area contributed by atoms with Crippen molar-refractivity contribution in [3.8, 4) is 67.3 Å². The molecule has 0 saturated carbocycles. The zero-order valence-corrected chi connectivity index (χ0v) is 34.2. The summed E-state index contributed by atoms with van der Waals surface area (Å²) in [5.74, 6) is 0.718. The Bertz CT molecular complexity index is 3430. The molecule has 284 valence electrons. The number of nitrogens with zero attached hydrogens (tertiary/aromatic N) is 2. The molecule has 0 atom stereocenters. The second-order valence-electron chi connectivity index (χ2n) is 17.8. The van der Waals surface area contributed by atoms with Crippen molar-refractivity contribution < 1.29 is 0 Å². The molecule has 0 saturated heterocycles. The molecule has 0 aliphatic heterocycles. The van der Waals surface area contributed by atoms with Crippen LogP contribution in [0.3, 0.4) is 0 Å². The van der Waals surface area contributed by atoms with Crippen LogP contribution in [0.25, 0.3) is 99.6 Å². The van der Waals surface area contributed by atoms with Crippen LogP contribution >= 0.6 is 0 Å². The Morgan fingerprint density at radius 3 is 1.58 bits per heavy atom. The lowest BCUT2D eigenvalue weighted by atomic mass is 9.81. The molecular formula is C58H42N2. The Morgan fingerprint density at radius 1 is 0.317 bits per heavy atom. The number of benzene rings is 9. The predicted molar refractivity (Wildman–Crippen MR) is 251 cm³/mol. The van der Waals surface area contributed by atoms with Gasteiger partial charge >= 0.3 is 0 Å². The normalized spacial score (nSPS) is 14.3. The van der Waals surface area contributed by atoms with Gasteiger partial charge in [0.25, 0.3) is 0 Å². The molecule has 10 aromatic rings. The van der Waals surface area contributed by atoms with Crippen molar-refractivity contribution in [1.82, 2.24) is 9.97 Å². The molecule has 0 bridgehead atoms. The van der Waals surface area contributed by atoms with Gasteiger partial charge in [-0.3, -0.25) is 0 Å².